The van der Waals surface area contributed by atoms with Crippen LogP contribution in [0.3, 0.4) is 0 Å². The SMILES string of the molecule is [2H]N[C@H](C(=O)N[C@H](C(=O)O[C@H]1CC[C@@]2(C)C(=CC[C@H]3[C@@H]4CC[C@H]([C@H](C)CCCC(C)(C)O)[C@@]4(C)CC[C@@H]32)C1)C(C)C)C(C)C. The molecule has 6 nitrogen and oxygen atoms in total. The lowest BCUT2D eigenvalue weighted by molar-refractivity contribution is -0.156. The molecule has 1 amide bonds. The average molecular weight is 602 g/mol. The summed E-state index contributed by atoms with van der Waals surface area (Å²) in [7, 11) is 0. The molecule has 0 aromatic carbocycles. The third kappa shape index (κ3) is 7.21. The Morgan fingerprint density at radius 2 is 1.81 bits per heavy atom. The Bertz CT molecular complexity index is 1050. The maximum atomic E-state index is 13.4. The van der Waals surface area contributed by atoms with Gasteiger partial charge in [0.1, 0.15) is 13.6 Å². The molecule has 0 aliphatic heterocycles. The zero-order valence-corrected chi connectivity index (χ0v) is 28.8. The highest BCUT2D eigenvalue weighted by Crippen LogP contribution is 2.67. The van der Waals surface area contributed by atoms with E-state index in [9.17, 15) is 14.7 Å². The third-order valence-corrected chi connectivity index (χ3v) is 12.7. The molecule has 0 aromatic heterocycles. The highest BCUT2D eigenvalue weighted by atomic mass is 16.5. The van der Waals surface area contributed by atoms with Gasteiger partial charge in [-0.2, -0.15) is 0 Å². The van der Waals surface area contributed by atoms with Crippen molar-refractivity contribution in [3.63, 3.8) is 0 Å². The molecule has 0 radical (unpaired) electrons. The number of aliphatic hydroxyl groups is 1. The molecule has 43 heavy (non-hydrogen) atoms. The van der Waals surface area contributed by atoms with Gasteiger partial charge in [-0.15, -0.1) is 0 Å². The first-order valence-corrected chi connectivity index (χ1v) is 17.6. The Balaban J connectivity index is 1.39. The first kappa shape index (κ1) is 33.0. The van der Waals surface area contributed by atoms with Crippen LogP contribution in [0.15, 0.2) is 11.6 Å². The van der Waals surface area contributed by atoms with Gasteiger partial charge in [-0.1, -0.05) is 73.0 Å². The highest BCUT2D eigenvalue weighted by molar-refractivity contribution is 5.87. The van der Waals surface area contributed by atoms with Crippen molar-refractivity contribution in [2.24, 2.45) is 58.0 Å². The van der Waals surface area contributed by atoms with Crippen molar-refractivity contribution >= 4 is 11.9 Å². The minimum atomic E-state index is -0.723. The molecule has 3 fully saturated rings. The number of carbonyl (C=O) groups excluding carboxylic acids is 2. The maximum absolute atomic E-state index is 13.4. The number of hydrogen-bond donors (Lipinski definition) is 3. The van der Waals surface area contributed by atoms with Gasteiger partial charge in [-0.05, 0) is 117 Å². The Kier molecular flexibility index (Phi) is 10.1. The van der Waals surface area contributed by atoms with E-state index in [0.717, 1.165) is 56.3 Å². The predicted octanol–water partition coefficient (Wildman–Crippen LogP) is 7.18. The molecule has 4 aliphatic carbocycles. The molecule has 3 saturated carbocycles. The second kappa shape index (κ2) is 13.1. The fraction of sp³-hybridized carbons (Fsp3) is 0.892. The van der Waals surface area contributed by atoms with Crippen molar-refractivity contribution in [2.45, 2.75) is 157 Å². The van der Waals surface area contributed by atoms with Crippen molar-refractivity contribution in [1.29, 1.82) is 0 Å². The summed E-state index contributed by atoms with van der Waals surface area (Å²) in [5.41, 5.74) is 3.85. The Morgan fingerprint density at radius 1 is 1.09 bits per heavy atom. The summed E-state index contributed by atoms with van der Waals surface area (Å²) in [5.74, 6) is 2.88. The number of allylic oxidation sites excluding steroid dienone is 1. The van der Waals surface area contributed by atoms with Crippen LogP contribution in [0.1, 0.15) is 133 Å². The van der Waals surface area contributed by atoms with E-state index >= 15 is 0 Å². The molecule has 0 aromatic rings. The summed E-state index contributed by atoms with van der Waals surface area (Å²) < 4.78 is 13.7. The fourth-order valence-electron chi connectivity index (χ4n) is 10.0. The summed E-state index contributed by atoms with van der Waals surface area (Å²) in [6.07, 6.45) is 14.8. The molecular formula is C37H64N2O4. The number of nitrogens with one attached hydrogen (secondary N) is 1. The largest absolute Gasteiger partial charge is 0.461 e. The second-order valence-corrected chi connectivity index (χ2v) is 16.9. The number of carbonyl (C=O) groups is 2. The third-order valence-electron chi connectivity index (χ3n) is 12.7. The average Bonchev–Trinajstić information content (AvgIpc) is 3.28. The molecule has 0 bridgehead atoms. The number of hydrogen-bond acceptors (Lipinski definition) is 5. The molecule has 10 atom stereocenters. The van der Waals surface area contributed by atoms with E-state index in [1.165, 1.54) is 37.7 Å². The Morgan fingerprint density at radius 3 is 2.44 bits per heavy atom. The molecule has 6 heteroatoms. The van der Waals surface area contributed by atoms with Crippen molar-refractivity contribution in [2.75, 3.05) is 0 Å². The van der Waals surface area contributed by atoms with Gasteiger partial charge in [0.05, 0.1) is 11.6 Å². The van der Waals surface area contributed by atoms with E-state index in [1.54, 1.807) is 0 Å². The van der Waals surface area contributed by atoms with Crippen molar-refractivity contribution in [3.8, 4) is 0 Å². The summed E-state index contributed by atoms with van der Waals surface area (Å²) in [4.78, 5) is 26.2. The van der Waals surface area contributed by atoms with Crippen molar-refractivity contribution in [1.82, 2.24) is 5.32 Å². The van der Waals surface area contributed by atoms with Gasteiger partial charge in [-0.3, -0.25) is 4.79 Å². The monoisotopic (exact) mass is 601 g/mol. The van der Waals surface area contributed by atoms with Crippen LogP contribution in [0.5, 0.6) is 0 Å². The van der Waals surface area contributed by atoms with Gasteiger partial charge in [0.25, 0.3) is 0 Å². The minimum Gasteiger partial charge on any atom is -0.461 e. The second-order valence-electron chi connectivity index (χ2n) is 16.9. The highest BCUT2D eigenvalue weighted by Gasteiger charge is 2.59. The first-order valence-electron chi connectivity index (χ1n) is 18.1. The van der Waals surface area contributed by atoms with E-state index in [1.807, 2.05) is 41.5 Å². The molecule has 4 aliphatic rings. The molecule has 0 unspecified atom stereocenters. The van der Waals surface area contributed by atoms with E-state index in [4.69, 9.17) is 6.15 Å². The number of rotatable bonds is 12. The van der Waals surface area contributed by atoms with Crippen LogP contribution in [0.2, 0.25) is 1.41 Å². The van der Waals surface area contributed by atoms with E-state index in [0.29, 0.717) is 17.3 Å². The van der Waals surface area contributed by atoms with Gasteiger partial charge in [0.2, 0.25) is 5.91 Å². The number of amides is 1. The van der Waals surface area contributed by atoms with Gasteiger partial charge < -0.3 is 20.9 Å². The van der Waals surface area contributed by atoms with Crippen molar-refractivity contribution in [3.05, 3.63) is 11.6 Å². The van der Waals surface area contributed by atoms with Crippen LogP contribution in [0.25, 0.3) is 0 Å². The summed E-state index contributed by atoms with van der Waals surface area (Å²) in [6.45, 7) is 19.1. The zero-order chi connectivity index (χ0) is 32.6. The van der Waals surface area contributed by atoms with Gasteiger partial charge in [-0.25, -0.2) is 4.79 Å². The molecule has 0 saturated heterocycles. The molecule has 0 spiro atoms. The van der Waals surface area contributed by atoms with Gasteiger partial charge >= 0.3 is 5.97 Å². The number of nitrogens with two attached hydrogens (primary N) is 1. The molecule has 4 rings (SSSR count). The standard InChI is InChI=1S/C37H64N2O4/c1-22(2)31(38)33(40)39-32(23(3)4)34(41)43-26-16-19-36(8)25(21-26)12-13-27-29-15-14-28(37(29,9)20-17-30(27)36)24(5)11-10-18-35(6,7)42/h12,22-24,26-32,42H,10-11,13-21,38H2,1-9H3,(H,39,40)/t24-,26+,27+,28-,29+,30+,31+,32+,36+,37-/m1/s1/i/hD. The predicted molar refractivity (Wildman–Crippen MR) is 174 cm³/mol. The molecular weight excluding hydrogens is 536 g/mol. The zero-order valence-electron chi connectivity index (χ0n) is 29.8. The molecule has 246 valence electrons. The Labute approximate surface area is 264 Å². The normalized spacial score (nSPS) is 36.5. The number of esters is 1. The molecule has 0 heterocycles. The van der Waals surface area contributed by atoms with Crippen LogP contribution >= 0.6 is 0 Å². The van der Waals surface area contributed by atoms with Crippen LogP contribution < -0.4 is 11.0 Å². The number of ether oxygens (including phenoxy) is 1. The summed E-state index contributed by atoms with van der Waals surface area (Å²) >= 11 is 0. The van der Waals surface area contributed by atoms with Crippen LogP contribution in [-0.4, -0.2) is 40.8 Å². The maximum Gasteiger partial charge on any atom is 0.329 e. The van der Waals surface area contributed by atoms with Crippen LogP contribution in [0, 0.1) is 52.3 Å². The van der Waals surface area contributed by atoms with E-state index < -0.39 is 17.7 Å². The van der Waals surface area contributed by atoms with E-state index in [-0.39, 0.29) is 35.2 Å². The fourth-order valence-corrected chi connectivity index (χ4v) is 10.0. The number of fused-ring (bicyclic) bond motifs is 5. The summed E-state index contributed by atoms with van der Waals surface area (Å²) in [6, 6.07) is -1.40. The molecule has 4 N–H and O–H groups in total. The minimum absolute atomic E-state index is 0.0601. The lowest BCUT2D eigenvalue weighted by atomic mass is 9.47. The van der Waals surface area contributed by atoms with Gasteiger partial charge in [0, 0.05) is 6.42 Å². The summed E-state index contributed by atoms with van der Waals surface area (Å²) in [5, 5.41) is 13.1. The smallest absolute Gasteiger partial charge is 0.329 e. The first-order chi connectivity index (χ1) is 20.5. The van der Waals surface area contributed by atoms with Crippen LogP contribution in [-0.2, 0) is 14.3 Å². The van der Waals surface area contributed by atoms with Crippen molar-refractivity contribution < 1.29 is 20.8 Å². The van der Waals surface area contributed by atoms with E-state index in [2.05, 4.69) is 37.9 Å². The topological polar surface area (TPSA) is 102 Å². The quantitative estimate of drug-likeness (QED) is 0.162. The van der Waals surface area contributed by atoms with Crippen LogP contribution in [0.4, 0.5) is 0 Å². The van der Waals surface area contributed by atoms with Gasteiger partial charge in [0.15, 0.2) is 0 Å². The lowest BCUT2D eigenvalue weighted by Gasteiger charge is -2.58. The Hall–Kier alpha value is -1.40. The lowest BCUT2D eigenvalue weighted by Crippen LogP contribution is -2.53.